The summed E-state index contributed by atoms with van der Waals surface area (Å²) in [5, 5.41) is 3.16. The van der Waals surface area contributed by atoms with Gasteiger partial charge < -0.3 is 15.2 Å². The summed E-state index contributed by atoms with van der Waals surface area (Å²) >= 11 is 1.66. The first-order valence-electron chi connectivity index (χ1n) is 6.79. The van der Waals surface area contributed by atoms with Crippen LogP contribution in [0.15, 0.2) is 23.6 Å². The molecule has 5 heteroatoms. The third-order valence-corrected chi connectivity index (χ3v) is 3.89. The van der Waals surface area contributed by atoms with E-state index in [0.717, 1.165) is 34.2 Å². The summed E-state index contributed by atoms with van der Waals surface area (Å²) in [4.78, 5) is 4.50. The minimum Gasteiger partial charge on any atom is -0.490 e. The number of thiazole rings is 1. The Balaban J connectivity index is 2.14. The molecular formula is C15H20N2O2S. The fraction of sp³-hybridized carbons (Fsp3) is 0.400. The van der Waals surface area contributed by atoms with E-state index in [1.54, 1.807) is 11.3 Å². The standard InChI is InChI=1S/C15H20N2O2S/c1-3-14-17-12(10-20-14)9-19-15-11(8-16)6-5-7-13(15)18-4-2/h5-7,10H,3-4,8-9,16H2,1-2H3. The monoisotopic (exact) mass is 292 g/mol. The molecule has 0 aliphatic carbocycles. The van der Waals surface area contributed by atoms with Crippen LogP contribution in [0.1, 0.15) is 30.1 Å². The Morgan fingerprint density at radius 2 is 2.10 bits per heavy atom. The normalized spacial score (nSPS) is 10.6. The lowest BCUT2D eigenvalue weighted by Crippen LogP contribution is -2.05. The minimum atomic E-state index is 0.424. The summed E-state index contributed by atoms with van der Waals surface area (Å²) in [5.41, 5.74) is 7.65. The van der Waals surface area contributed by atoms with Crippen molar-refractivity contribution in [2.45, 2.75) is 33.4 Å². The summed E-state index contributed by atoms with van der Waals surface area (Å²) in [7, 11) is 0. The van der Waals surface area contributed by atoms with E-state index in [4.69, 9.17) is 15.2 Å². The Morgan fingerprint density at radius 3 is 2.75 bits per heavy atom. The average Bonchev–Trinajstić information content (AvgIpc) is 2.94. The SMILES string of the molecule is CCOc1cccc(CN)c1OCc1csc(CC)n1. The van der Waals surface area contributed by atoms with Crippen LogP contribution >= 0.6 is 11.3 Å². The van der Waals surface area contributed by atoms with Gasteiger partial charge in [-0.05, 0) is 19.4 Å². The van der Waals surface area contributed by atoms with Gasteiger partial charge in [-0.3, -0.25) is 0 Å². The van der Waals surface area contributed by atoms with Gasteiger partial charge in [0.2, 0.25) is 0 Å². The first kappa shape index (κ1) is 14.8. The zero-order valence-corrected chi connectivity index (χ0v) is 12.7. The smallest absolute Gasteiger partial charge is 0.166 e. The number of nitrogens with two attached hydrogens (primary N) is 1. The number of hydrogen-bond donors (Lipinski definition) is 1. The summed E-state index contributed by atoms with van der Waals surface area (Å²) in [5.74, 6) is 1.46. The molecule has 108 valence electrons. The van der Waals surface area contributed by atoms with Gasteiger partial charge >= 0.3 is 0 Å². The molecule has 2 aromatic rings. The third-order valence-electron chi connectivity index (χ3n) is 2.85. The number of nitrogens with zero attached hydrogens (tertiary/aromatic N) is 1. The van der Waals surface area contributed by atoms with E-state index in [2.05, 4.69) is 11.9 Å². The van der Waals surface area contributed by atoms with Gasteiger partial charge in [-0.1, -0.05) is 19.1 Å². The van der Waals surface area contributed by atoms with Gasteiger partial charge in [0, 0.05) is 17.5 Å². The summed E-state index contributed by atoms with van der Waals surface area (Å²) < 4.78 is 11.5. The second-order valence-corrected chi connectivity index (χ2v) is 5.20. The van der Waals surface area contributed by atoms with Crippen LogP contribution in [0.5, 0.6) is 11.5 Å². The first-order valence-corrected chi connectivity index (χ1v) is 7.67. The molecule has 0 bridgehead atoms. The van der Waals surface area contributed by atoms with Crippen LogP contribution in [0, 0.1) is 0 Å². The molecule has 1 aromatic heterocycles. The van der Waals surface area contributed by atoms with Crippen LogP contribution < -0.4 is 15.2 Å². The van der Waals surface area contributed by atoms with Crippen molar-refractivity contribution in [2.24, 2.45) is 5.73 Å². The molecular weight excluding hydrogens is 272 g/mol. The van der Waals surface area contributed by atoms with E-state index in [-0.39, 0.29) is 0 Å². The molecule has 0 aliphatic heterocycles. The maximum Gasteiger partial charge on any atom is 0.166 e. The molecule has 0 unspecified atom stereocenters. The maximum atomic E-state index is 5.89. The fourth-order valence-corrected chi connectivity index (χ4v) is 2.61. The number of para-hydroxylation sites is 1. The molecule has 0 atom stereocenters. The average molecular weight is 292 g/mol. The number of ether oxygens (including phenoxy) is 2. The molecule has 0 amide bonds. The zero-order valence-electron chi connectivity index (χ0n) is 11.9. The van der Waals surface area contributed by atoms with Crippen LogP contribution in [0.3, 0.4) is 0 Å². The summed E-state index contributed by atoms with van der Waals surface area (Å²) in [6.07, 6.45) is 0.953. The predicted octanol–water partition coefficient (Wildman–Crippen LogP) is 3.14. The van der Waals surface area contributed by atoms with Gasteiger partial charge in [-0.2, -0.15) is 0 Å². The Labute approximate surface area is 123 Å². The van der Waals surface area contributed by atoms with Crippen molar-refractivity contribution >= 4 is 11.3 Å². The second-order valence-electron chi connectivity index (χ2n) is 4.26. The molecule has 2 N–H and O–H groups in total. The summed E-state index contributed by atoms with van der Waals surface area (Å²) in [6.45, 7) is 5.51. The van der Waals surface area contributed by atoms with Crippen molar-refractivity contribution in [3.8, 4) is 11.5 Å². The Morgan fingerprint density at radius 1 is 1.25 bits per heavy atom. The number of aryl methyl sites for hydroxylation is 1. The van der Waals surface area contributed by atoms with E-state index in [1.165, 1.54) is 0 Å². The number of hydrogen-bond acceptors (Lipinski definition) is 5. The van der Waals surface area contributed by atoms with Gasteiger partial charge in [-0.25, -0.2) is 4.98 Å². The fourth-order valence-electron chi connectivity index (χ4n) is 1.88. The highest BCUT2D eigenvalue weighted by Gasteiger charge is 2.11. The molecule has 1 heterocycles. The highest BCUT2D eigenvalue weighted by atomic mass is 32.1. The molecule has 2 rings (SSSR count). The lowest BCUT2D eigenvalue weighted by Gasteiger charge is -2.14. The van der Waals surface area contributed by atoms with Crippen molar-refractivity contribution in [2.75, 3.05) is 6.61 Å². The van der Waals surface area contributed by atoms with E-state index in [0.29, 0.717) is 19.8 Å². The van der Waals surface area contributed by atoms with E-state index >= 15 is 0 Å². The van der Waals surface area contributed by atoms with Crippen LogP contribution in [0.4, 0.5) is 0 Å². The molecule has 0 spiro atoms. The molecule has 0 saturated heterocycles. The van der Waals surface area contributed by atoms with Gasteiger partial charge in [-0.15, -0.1) is 11.3 Å². The van der Waals surface area contributed by atoms with Crippen molar-refractivity contribution in [3.05, 3.63) is 39.8 Å². The van der Waals surface area contributed by atoms with Gasteiger partial charge in [0.05, 0.1) is 17.3 Å². The van der Waals surface area contributed by atoms with Crippen LogP contribution in [0.2, 0.25) is 0 Å². The molecule has 4 nitrogen and oxygen atoms in total. The minimum absolute atomic E-state index is 0.424. The lowest BCUT2D eigenvalue weighted by atomic mass is 10.2. The number of aromatic nitrogens is 1. The van der Waals surface area contributed by atoms with Gasteiger partial charge in [0.1, 0.15) is 6.61 Å². The van der Waals surface area contributed by atoms with Crippen molar-refractivity contribution < 1.29 is 9.47 Å². The van der Waals surface area contributed by atoms with Gasteiger partial charge in [0.15, 0.2) is 11.5 Å². The highest BCUT2D eigenvalue weighted by Crippen LogP contribution is 2.32. The first-order chi connectivity index (χ1) is 9.78. The maximum absolute atomic E-state index is 5.89. The Bertz CT molecular complexity index is 555. The van der Waals surface area contributed by atoms with Crippen LogP contribution in [-0.2, 0) is 19.6 Å². The highest BCUT2D eigenvalue weighted by molar-refractivity contribution is 7.09. The molecule has 1 aromatic carbocycles. The van der Waals surface area contributed by atoms with Crippen molar-refractivity contribution in [1.29, 1.82) is 0 Å². The second kappa shape index (κ2) is 7.26. The van der Waals surface area contributed by atoms with Crippen LogP contribution in [0.25, 0.3) is 0 Å². The zero-order chi connectivity index (χ0) is 14.4. The molecule has 20 heavy (non-hydrogen) atoms. The quantitative estimate of drug-likeness (QED) is 0.851. The molecule has 0 fully saturated rings. The Hall–Kier alpha value is -1.59. The van der Waals surface area contributed by atoms with E-state index < -0.39 is 0 Å². The van der Waals surface area contributed by atoms with Gasteiger partial charge in [0.25, 0.3) is 0 Å². The Kier molecular flexibility index (Phi) is 5.38. The predicted molar refractivity (Wildman–Crippen MR) is 81.3 cm³/mol. The molecule has 0 saturated carbocycles. The summed E-state index contributed by atoms with van der Waals surface area (Å²) in [6, 6.07) is 5.78. The largest absolute Gasteiger partial charge is 0.490 e. The topological polar surface area (TPSA) is 57.4 Å². The van der Waals surface area contributed by atoms with E-state index in [9.17, 15) is 0 Å². The third kappa shape index (κ3) is 3.49. The van der Waals surface area contributed by atoms with Crippen LogP contribution in [-0.4, -0.2) is 11.6 Å². The lowest BCUT2D eigenvalue weighted by molar-refractivity contribution is 0.264. The molecule has 0 aliphatic rings. The number of benzene rings is 1. The van der Waals surface area contributed by atoms with Crippen molar-refractivity contribution in [3.63, 3.8) is 0 Å². The van der Waals surface area contributed by atoms with E-state index in [1.807, 2.05) is 30.5 Å². The molecule has 0 radical (unpaired) electrons. The number of rotatable bonds is 7. The van der Waals surface area contributed by atoms with Crippen molar-refractivity contribution in [1.82, 2.24) is 4.98 Å².